The van der Waals surface area contributed by atoms with Crippen LogP contribution in [0.25, 0.3) is 0 Å². The van der Waals surface area contributed by atoms with Crippen LogP contribution in [0.2, 0.25) is 0 Å². The molecule has 3 amide bonds. The minimum absolute atomic E-state index is 0.0749. The molecule has 2 heterocycles. The average molecular weight is 682 g/mol. The van der Waals surface area contributed by atoms with E-state index in [0.29, 0.717) is 35.2 Å². The zero-order valence-corrected chi connectivity index (χ0v) is 27.8. The second kappa shape index (κ2) is 14.1. The standard InChI is InChI=1S/C34H37FN4O6S2/c1-23-5-18-32(46-23)47(43,44)45-30-16-12-27(13-17-30)37-34(42)38(31(33(36)41)20-24-8-14-29(40)15-9-24)28-4-3-19-39(2,22-28)21-25-6-10-26(35)11-7-25/h5-18,28,31H,3-4,19-22H2,1-2H3,(H3-,36,37,40,41,42)/p+1/t28-,31-,39?/m0/s1. The second-order valence-electron chi connectivity index (χ2n) is 12.2. The fourth-order valence-electron chi connectivity index (χ4n) is 6.05. The Balaban J connectivity index is 1.39. The molecule has 4 N–H and O–H groups in total. The predicted molar refractivity (Wildman–Crippen MR) is 178 cm³/mol. The van der Waals surface area contributed by atoms with Crippen LogP contribution in [0.15, 0.2) is 89.1 Å². The number of phenolic OH excluding ortho intramolecular Hbond substituents is 1. The van der Waals surface area contributed by atoms with Crippen molar-refractivity contribution in [1.82, 2.24) is 4.90 Å². The third-order valence-corrected chi connectivity index (χ3v) is 11.0. The van der Waals surface area contributed by atoms with E-state index >= 15 is 0 Å². The van der Waals surface area contributed by atoms with Crippen LogP contribution in [0.5, 0.6) is 11.5 Å². The summed E-state index contributed by atoms with van der Waals surface area (Å²) in [5, 5.41) is 12.6. The molecule has 3 atom stereocenters. The number of aryl methyl sites for hydroxylation is 1. The number of carbonyl (C=O) groups excluding carboxylic acids is 2. The van der Waals surface area contributed by atoms with Crippen LogP contribution in [0.3, 0.4) is 0 Å². The van der Waals surface area contributed by atoms with Crippen molar-refractivity contribution >= 4 is 39.1 Å². The van der Waals surface area contributed by atoms with Gasteiger partial charge in [-0.05, 0) is 86.0 Å². The molecule has 13 heteroatoms. The van der Waals surface area contributed by atoms with E-state index in [1.165, 1.54) is 59.5 Å². The van der Waals surface area contributed by atoms with E-state index in [0.717, 1.165) is 34.7 Å². The molecule has 0 radical (unpaired) electrons. The van der Waals surface area contributed by atoms with Crippen molar-refractivity contribution in [2.45, 2.75) is 49.0 Å². The number of thiophene rings is 1. The fraction of sp³-hybridized carbons (Fsp3) is 0.294. The zero-order chi connectivity index (χ0) is 33.8. The first-order valence-electron chi connectivity index (χ1n) is 15.2. The summed E-state index contributed by atoms with van der Waals surface area (Å²) in [4.78, 5) is 29.5. The van der Waals surface area contributed by atoms with Gasteiger partial charge >= 0.3 is 16.1 Å². The number of rotatable bonds is 11. The number of aromatic hydroxyl groups is 1. The number of hydrogen-bond donors (Lipinski definition) is 3. The Hall–Kier alpha value is -4.46. The Kier molecular flexibility index (Phi) is 10.2. The van der Waals surface area contributed by atoms with E-state index in [1.807, 2.05) is 0 Å². The maximum absolute atomic E-state index is 14.1. The van der Waals surface area contributed by atoms with Crippen LogP contribution in [-0.4, -0.2) is 67.1 Å². The van der Waals surface area contributed by atoms with Gasteiger partial charge < -0.3 is 29.7 Å². The summed E-state index contributed by atoms with van der Waals surface area (Å²) in [7, 11) is -1.93. The highest BCUT2D eigenvalue weighted by molar-refractivity contribution is 7.89. The summed E-state index contributed by atoms with van der Waals surface area (Å²) in [5.74, 6) is -0.836. The number of nitrogens with two attached hydrogens (primary N) is 1. The molecule has 10 nitrogen and oxygen atoms in total. The number of amides is 3. The van der Waals surface area contributed by atoms with Crippen LogP contribution < -0.4 is 15.2 Å². The predicted octanol–water partition coefficient (Wildman–Crippen LogP) is 5.41. The van der Waals surface area contributed by atoms with Crippen molar-refractivity contribution in [2.24, 2.45) is 5.73 Å². The quantitative estimate of drug-likeness (QED) is 0.143. The number of primary amides is 1. The lowest BCUT2D eigenvalue weighted by Gasteiger charge is -2.46. The molecule has 5 rings (SSSR count). The van der Waals surface area contributed by atoms with Gasteiger partial charge in [0, 0.05) is 22.5 Å². The number of piperidine rings is 1. The lowest BCUT2D eigenvalue weighted by atomic mass is 9.96. The topological polar surface area (TPSA) is 139 Å². The molecule has 3 aromatic carbocycles. The first-order chi connectivity index (χ1) is 22.3. The van der Waals surface area contributed by atoms with Crippen LogP contribution in [0.1, 0.15) is 28.8 Å². The number of benzene rings is 3. The van der Waals surface area contributed by atoms with Crippen molar-refractivity contribution < 1.29 is 36.2 Å². The number of phenols is 1. The number of urea groups is 1. The number of carbonyl (C=O) groups is 2. The van der Waals surface area contributed by atoms with Gasteiger partial charge in [-0.1, -0.05) is 24.3 Å². The zero-order valence-electron chi connectivity index (χ0n) is 26.1. The summed E-state index contributed by atoms with van der Waals surface area (Å²) in [6, 6.07) is 19.9. The van der Waals surface area contributed by atoms with Gasteiger partial charge in [0.2, 0.25) is 5.91 Å². The molecule has 1 aromatic heterocycles. The van der Waals surface area contributed by atoms with Gasteiger partial charge in [-0.25, -0.2) is 9.18 Å². The maximum atomic E-state index is 14.1. The second-order valence-corrected chi connectivity index (χ2v) is 15.2. The van der Waals surface area contributed by atoms with Crippen LogP contribution in [-0.2, 0) is 27.9 Å². The molecular formula is C34H38FN4O6S2+. The molecule has 0 bridgehead atoms. The van der Waals surface area contributed by atoms with Gasteiger partial charge in [0.15, 0.2) is 4.21 Å². The number of likely N-dealkylation sites (N-methyl/N-ethyl adjacent to an activating group) is 1. The first kappa shape index (κ1) is 33.9. The van der Waals surface area contributed by atoms with Gasteiger partial charge in [0.25, 0.3) is 0 Å². The van der Waals surface area contributed by atoms with E-state index in [2.05, 4.69) is 12.4 Å². The number of nitrogens with zero attached hydrogens (tertiary/aromatic N) is 2. The highest BCUT2D eigenvalue weighted by atomic mass is 32.3. The minimum atomic E-state index is -4.01. The highest BCUT2D eigenvalue weighted by Gasteiger charge is 2.41. The largest absolute Gasteiger partial charge is 0.508 e. The number of nitrogens with one attached hydrogen (secondary N) is 1. The number of halogens is 1. The van der Waals surface area contributed by atoms with Gasteiger partial charge in [0.1, 0.15) is 29.9 Å². The molecular weight excluding hydrogens is 644 g/mol. The van der Waals surface area contributed by atoms with Gasteiger partial charge in [-0.15, -0.1) is 11.3 Å². The number of hydrogen-bond acceptors (Lipinski definition) is 7. The number of likely N-dealkylation sites (tertiary alicyclic amines) is 1. The molecule has 0 aliphatic carbocycles. The molecule has 1 unspecified atom stereocenters. The number of quaternary nitrogens is 1. The van der Waals surface area contributed by atoms with Crippen molar-refractivity contribution in [1.29, 1.82) is 0 Å². The lowest BCUT2D eigenvalue weighted by Crippen LogP contribution is -2.62. The van der Waals surface area contributed by atoms with Crippen molar-refractivity contribution in [2.75, 3.05) is 25.5 Å². The highest BCUT2D eigenvalue weighted by Crippen LogP contribution is 2.29. The van der Waals surface area contributed by atoms with Crippen LogP contribution in [0.4, 0.5) is 14.9 Å². The Morgan fingerprint density at radius 2 is 1.70 bits per heavy atom. The lowest BCUT2D eigenvalue weighted by molar-refractivity contribution is -0.928. The van der Waals surface area contributed by atoms with Crippen LogP contribution in [0, 0.1) is 12.7 Å². The van der Waals surface area contributed by atoms with Gasteiger partial charge in [0.05, 0.1) is 26.2 Å². The molecule has 47 heavy (non-hydrogen) atoms. The monoisotopic (exact) mass is 681 g/mol. The minimum Gasteiger partial charge on any atom is -0.508 e. The SMILES string of the molecule is Cc1ccc(S(=O)(=O)Oc2ccc(NC(=O)N([C@H]3CCC[N+](C)(Cc4ccc(F)cc4)C3)[C@@H](Cc3ccc(O)cc3)C(N)=O)cc2)s1. The number of anilines is 1. The van der Waals surface area contributed by atoms with Crippen molar-refractivity contribution in [3.63, 3.8) is 0 Å². The van der Waals surface area contributed by atoms with Gasteiger partial charge in [-0.2, -0.15) is 8.42 Å². The van der Waals surface area contributed by atoms with Crippen LogP contribution >= 0.6 is 11.3 Å². The molecule has 1 saturated heterocycles. The van der Waals surface area contributed by atoms with E-state index in [1.54, 1.807) is 37.3 Å². The normalized spacial score (nSPS) is 18.7. The molecule has 1 aliphatic rings. The summed E-state index contributed by atoms with van der Waals surface area (Å²) >= 11 is 1.11. The van der Waals surface area contributed by atoms with E-state index in [9.17, 15) is 27.5 Å². The average Bonchev–Trinajstić information content (AvgIpc) is 3.47. The summed E-state index contributed by atoms with van der Waals surface area (Å²) in [5.41, 5.74) is 8.00. The molecule has 1 aliphatic heterocycles. The molecule has 1 fully saturated rings. The Morgan fingerprint density at radius 3 is 2.32 bits per heavy atom. The first-order valence-corrected chi connectivity index (χ1v) is 17.4. The van der Waals surface area contributed by atoms with Crippen molar-refractivity contribution in [3.05, 3.63) is 107 Å². The summed E-state index contributed by atoms with van der Waals surface area (Å²) in [6.45, 7) is 3.77. The Morgan fingerprint density at radius 1 is 1.04 bits per heavy atom. The van der Waals surface area contributed by atoms with E-state index in [-0.39, 0.29) is 34.0 Å². The van der Waals surface area contributed by atoms with E-state index in [4.69, 9.17) is 9.92 Å². The maximum Gasteiger partial charge on any atom is 0.348 e. The van der Waals surface area contributed by atoms with Gasteiger partial charge in [-0.3, -0.25) is 4.79 Å². The van der Waals surface area contributed by atoms with E-state index < -0.39 is 28.1 Å². The molecule has 0 spiro atoms. The molecule has 4 aromatic rings. The summed E-state index contributed by atoms with van der Waals surface area (Å²) in [6.07, 6.45) is 1.55. The fourth-order valence-corrected chi connectivity index (χ4v) is 8.23. The van der Waals surface area contributed by atoms with Crippen molar-refractivity contribution in [3.8, 4) is 11.5 Å². The smallest absolute Gasteiger partial charge is 0.348 e. The summed E-state index contributed by atoms with van der Waals surface area (Å²) < 4.78 is 44.9. The third kappa shape index (κ3) is 8.67. The Bertz CT molecular complexity index is 1810. The third-order valence-electron chi connectivity index (χ3n) is 8.30. The Labute approximate surface area is 277 Å². The molecule has 0 saturated carbocycles. The molecule has 248 valence electrons.